The first-order valence-electron chi connectivity index (χ1n) is 6.40. The maximum absolute atomic E-state index is 13.3. The number of anilines is 1. The molecule has 2 amide bonds. The SMILES string of the molecule is CC(C)C[C@@H](NC(=O)C(=O)Nc1ccccc1F)C(=O)O. The molecule has 0 aliphatic rings. The number of hydrogen-bond donors (Lipinski definition) is 3. The van der Waals surface area contributed by atoms with Crippen LogP contribution >= 0.6 is 0 Å². The van der Waals surface area contributed by atoms with Crippen LogP contribution in [0.2, 0.25) is 0 Å². The Balaban J connectivity index is 2.68. The molecule has 1 rings (SSSR count). The predicted octanol–water partition coefficient (Wildman–Crippen LogP) is 1.38. The van der Waals surface area contributed by atoms with Crippen molar-refractivity contribution < 1.29 is 23.9 Å². The van der Waals surface area contributed by atoms with E-state index in [1.165, 1.54) is 18.2 Å². The molecule has 7 heteroatoms. The normalized spacial score (nSPS) is 11.8. The summed E-state index contributed by atoms with van der Waals surface area (Å²) in [6, 6.07) is 4.20. The van der Waals surface area contributed by atoms with Gasteiger partial charge < -0.3 is 15.7 Å². The molecule has 0 radical (unpaired) electrons. The Morgan fingerprint density at radius 3 is 2.33 bits per heavy atom. The summed E-state index contributed by atoms with van der Waals surface area (Å²) in [6.45, 7) is 3.59. The van der Waals surface area contributed by atoms with Crippen LogP contribution in [-0.4, -0.2) is 28.9 Å². The number of hydrogen-bond acceptors (Lipinski definition) is 3. The minimum absolute atomic E-state index is 0.0287. The standard InChI is InChI=1S/C14H17FN2O4/c1-8(2)7-11(14(20)21)17-13(19)12(18)16-10-6-4-3-5-9(10)15/h3-6,8,11H,7H2,1-2H3,(H,16,18)(H,17,19)(H,20,21)/t11-/m1/s1. The van der Waals surface area contributed by atoms with E-state index in [4.69, 9.17) is 5.11 Å². The second-order valence-electron chi connectivity index (χ2n) is 4.93. The van der Waals surface area contributed by atoms with Crippen LogP contribution in [0, 0.1) is 11.7 Å². The Hall–Kier alpha value is -2.44. The van der Waals surface area contributed by atoms with E-state index in [1.54, 1.807) is 13.8 Å². The summed E-state index contributed by atoms with van der Waals surface area (Å²) in [5.41, 5.74) is -0.145. The van der Waals surface area contributed by atoms with Gasteiger partial charge in [-0.05, 0) is 24.5 Å². The molecule has 21 heavy (non-hydrogen) atoms. The predicted molar refractivity (Wildman–Crippen MR) is 74.1 cm³/mol. The first kappa shape index (κ1) is 16.6. The number of carboxylic acids is 1. The summed E-state index contributed by atoms with van der Waals surface area (Å²) >= 11 is 0. The van der Waals surface area contributed by atoms with Gasteiger partial charge in [0, 0.05) is 0 Å². The average molecular weight is 296 g/mol. The number of para-hydroxylation sites is 1. The quantitative estimate of drug-likeness (QED) is 0.715. The molecular formula is C14H17FN2O4. The molecule has 0 saturated carbocycles. The smallest absolute Gasteiger partial charge is 0.326 e. The Kier molecular flexibility index (Phi) is 5.83. The number of nitrogens with one attached hydrogen (secondary N) is 2. The van der Waals surface area contributed by atoms with Gasteiger partial charge in [0.05, 0.1) is 5.69 Å². The van der Waals surface area contributed by atoms with E-state index in [0.717, 1.165) is 6.07 Å². The Morgan fingerprint density at radius 2 is 1.81 bits per heavy atom. The van der Waals surface area contributed by atoms with Crippen molar-refractivity contribution in [2.75, 3.05) is 5.32 Å². The molecule has 1 atom stereocenters. The van der Waals surface area contributed by atoms with E-state index < -0.39 is 29.6 Å². The fraction of sp³-hybridized carbons (Fsp3) is 0.357. The average Bonchev–Trinajstić information content (AvgIpc) is 2.39. The first-order valence-corrected chi connectivity index (χ1v) is 6.40. The van der Waals surface area contributed by atoms with E-state index in [9.17, 15) is 18.8 Å². The van der Waals surface area contributed by atoms with E-state index in [1.807, 2.05) is 0 Å². The van der Waals surface area contributed by atoms with Gasteiger partial charge in [-0.1, -0.05) is 26.0 Å². The van der Waals surface area contributed by atoms with Gasteiger partial charge in [0.2, 0.25) is 0 Å². The molecule has 0 saturated heterocycles. The first-order chi connectivity index (χ1) is 9.81. The van der Waals surface area contributed by atoms with Gasteiger partial charge in [0.1, 0.15) is 11.9 Å². The fourth-order valence-electron chi connectivity index (χ4n) is 1.66. The summed E-state index contributed by atoms with van der Waals surface area (Å²) in [5.74, 6) is -4.12. The second-order valence-corrected chi connectivity index (χ2v) is 4.93. The zero-order chi connectivity index (χ0) is 16.0. The van der Waals surface area contributed by atoms with Crippen molar-refractivity contribution in [3.63, 3.8) is 0 Å². The summed E-state index contributed by atoms with van der Waals surface area (Å²) in [5, 5.41) is 13.2. The zero-order valence-corrected chi connectivity index (χ0v) is 11.7. The maximum atomic E-state index is 13.3. The van der Waals surface area contributed by atoms with Crippen LogP contribution in [0.15, 0.2) is 24.3 Å². The van der Waals surface area contributed by atoms with Crippen LogP contribution < -0.4 is 10.6 Å². The third kappa shape index (κ3) is 5.21. The van der Waals surface area contributed by atoms with Crippen LogP contribution in [0.5, 0.6) is 0 Å². The summed E-state index contributed by atoms with van der Waals surface area (Å²) in [4.78, 5) is 34.3. The minimum atomic E-state index is -1.23. The van der Waals surface area contributed by atoms with Crippen molar-refractivity contribution >= 4 is 23.5 Å². The van der Waals surface area contributed by atoms with Crippen LogP contribution in [0.4, 0.5) is 10.1 Å². The number of benzene rings is 1. The highest BCUT2D eigenvalue weighted by Crippen LogP contribution is 2.12. The highest BCUT2D eigenvalue weighted by Gasteiger charge is 2.24. The number of amides is 2. The molecule has 3 N–H and O–H groups in total. The molecule has 0 aliphatic heterocycles. The van der Waals surface area contributed by atoms with Crippen LogP contribution in [-0.2, 0) is 14.4 Å². The topological polar surface area (TPSA) is 95.5 Å². The van der Waals surface area contributed by atoms with Gasteiger partial charge >= 0.3 is 17.8 Å². The lowest BCUT2D eigenvalue weighted by atomic mass is 10.0. The monoisotopic (exact) mass is 296 g/mol. The Morgan fingerprint density at radius 1 is 1.19 bits per heavy atom. The van der Waals surface area contributed by atoms with Gasteiger partial charge in [-0.15, -0.1) is 0 Å². The number of halogens is 1. The van der Waals surface area contributed by atoms with Crippen LogP contribution in [0.25, 0.3) is 0 Å². The molecule has 0 aliphatic carbocycles. The molecule has 114 valence electrons. The van der Waals surface area contributed by atoms with Gasteiger partial charge in [-0.2, -0.15) is 0 Å². The number of carbonyl (C=O) groups excluding carboxylic acids is 2. The Labute approximate surface area is 121 Å². The fourth-order valence-corrected chi connectivity index (χ4v) is 1.66. The molecule has 1 aromatic rings. The second kappa shape index (κ2) is 7.37. The van der Waals surface area contributed by atoms with E-state index in [2.05, 4.69) is 10.6 Å². The van der Waals surface area contributed by atoms with Crippen molar-refractivity contribution in [2.45, 2.75) is 26.3 Å². The van der Waals surface area contributed by atoms with Gasteiger partial charge in [-0.25, -0.2) is 9.18 Å². The number of carboxylic acid groups (broad SMARTS) is 1. The summed E-state index contributed by atoms with van der Waals surface area (Å²) < 4.78 is 13.3. The molecule has 0 bridgehead atoms. The highest BCUT2D eigenvalue weighted by molar-refractivity contribution is 6.40. The van der Waals surface area contributed by atoms with Crippen molar-refractivity contribution in [3.05, 3.63) is 30.1 Å². The molecule has 0 fully saturated rings. The van der Waals surface area contributed by atoms with E-state index >= 15 is 0 Å². The molecule has 6 nitrogen and oxygen atoms in total. The lowest BCUT2D eigenvalue weighted by Gasteiger charge is -2.16. The number of carbonyl (C=O) groups is 3. The number of aliphatic carboxylic acids is 1. The van der Waals surface area contributed by atoms with Crippen molar-refractivity contribution in [1.29, 1.82) is 0 Å². The maximum Gasteiger partial charge on any atom is 0.326 e. The summed E-state index contributed by atoms with van der Waals surface area (Å²) in [7, 11) is 0. The zero-order valence-electron chi connectivity index (χ0n) is 11.7. The van der Waals surface area contributed by atoms with E-state index in [-0.39, 0.29) is 18.0 Å². The van der Waals surface area contributed by atoms with Crippen LogP contribution in [0.1, 0.15) is 20.3 Å². The lowest BCUT2D eigenvalue weighted by molar-refractivity contribution is -0.144. The van der Waals surface area contributed by atoms with Crippen molar-refractivity contribution in [3.8, 4) is 0 Å². The third-order valence-electron chi connectivity index (χ3n) is 2.64. The molecular weight excluding hydrogens is 279 g/mol. The molecule has 0 heterocycles. The van der Waals surface area contributed by atoms with Crippen molar-refractivity contribution in [1.82, 2.24) is 5.32 Å². The largest absolute Gasteiger partial charge is 0.480 e. The third-order valence-corrected chi connectivity index (χ3v) is 2.64. The molecule has 1 aromatic carbocycles. The highest BCUT2D eigenvalue weighted by atomic mass is 19.1. The molecule has 0 aromatic heterocycles. The molecule has 0 unspecified atom stereocenters. The number of rotatable bonds is 5. The lowest BCUT2D eigenvalue weighted by Crippen LogP contribution is -2.46. The van der Waals surface area contributed by atoms with Gasteiger partial charge in [-0.3, -0.25) is 9.59 Å². The van der Waals surface area contributed by atoms with Crippen molar-refractivity contribution in [2.24, 2.45) is 5.92 Å². The van der Waals surface area contributed by atoms with Crippen LogP contribution in [0.3, 0.4) is 0 Å². The van der Waals surface area contributed by atoms with Gasteiger partial charge in [0.25, 0.3) is 0 Å². The molecule has 0 spiro atoms. The minimum Gasteiger partial charge on any atom is -0.480 e. The van der Waals surface area contributed by atoms with E-state index in [0.29, 0.717) is 0 Å². The van der Waals surface area contributed by atoms with Gasteiger partial charge in [0.15, 0.2) is 0 Å². The Bertz CT molecular complexity index is 546. The summed E-state index contributed by atoms with van der Waals surface area (Å²) in [6.07, 6.45) is 0.189.